The van der Waals surface area contributed by atoms with E-state index in [1.54, 1.807) is 48.5 Å². The van der Waals surface area contributed by atoms with E-state index >= 15 is 0 Å². The molecule has 0 radical (unpaired) electrons. The van der Waals surface area contributed by atoms with Gasteiger partial charge in [-0.1, -0.05) is 70.9 Å². The van der Waals surface area contributed by atoms with E-state index in [1.807, 2.05) is 12.1 Å². The fourth-order valence-electron chi connectivity index (χ4n) is 9.59. The maximum atomic E-state index is 13.3. The lowest BCUT2D eigenvalue weighted by atomic mass is 10.1. The Labute approximate surface area is 675 Å². The van der Waals surface area contributed by atoms with Crippen LogP contribution in [0.25, 0.3) is 20.9 Å². The summed E-state index contributed by atoms with van der Waals surface area (Å²) < 4.78 is 21.0. The predicted octanol–water partition coefficient (Wildman–Crippen LogP) is -21.4. The molecule has 45 heteroatoms. The molecule has 4 atom stereocenters. The quantitative estimate of drug-likeness (QED) is 0.00961. The Hall–Kier alpha value is -7.68. The monoisotopic (exact) mass is 1660 g/mol. The smallest absolute Gasteiger partial charge is 0.308 e. The van der Waals surface area contributed by atoms with Crippen LogP contribution in [-0.2, 0) is 80.1 Å². The van der Waals surface area contributed by atoms with Gasteiger partial charge in [0.25, 0.3) is 0 Å². The number of rotatable bonds is 61. The molecule has 0 saturated carbocycles. The number of ether oxygens (including phenoxy) is 4. The number of halogens is 4. The zero-order chi connectivity index (χ0) is 79.3. The zero-order valence-corrected chi connectivity index (χ0v) is 67.3. The topological polar surface area (TPSA) is 636 Å². The van der Waals surface area contributed by atoms with Gasteiger partial charge < -0.3 is 167 Å². The molecule has 0 heterocycles. The number of nitrogens with two attached hydrogens (primary N) is 3. The second kappa shape index (κ2) is 77.6. The number of hydrogen-bond acceptors (Lipinski definition) is 25. The Kier molecular flexibility index (Phi) is 78.3. The number of carbonyl (C=O) groups is 10. The molecule has 2 rings (SSSR count). The van der Waals surface area contributed by atoms with E-state index in [0.29, 0.717) is 52.4 Å². The van der Waals surface area contributed by atoms with Gasteiger partial charge in [0.15, 0.2) is 0 Å². The van der Waals surface area contributed by atoms with Crippen LogP contribution >= 0.6 is 0 Å². The minimum absolute atomic E-state index is 0. The maximum absolute atomic E-state index is 13.3. The minimum Gasteiger partial charge on any atom is -1.00 e. The number of nitrogens with one attached hydrogen (secondary N) is 11. The second-order valence-corrected chi connectivity index (χ2v) is 23.7. The van der Waals surface area contributed by atoms with Gasteiger partial charge in [-0.05, 0) is 22.2 Å². The van der Waals surface area contributed by atoms with Crippen molar-refractivity contribution in [3.8, 4) is 0 Å². The summed E-state index contributed by atoms with van der Waals surface area (Å²) in [4.78, 5) is 139. The Morgan fingerprint density at radius 2 is 0.739 bits per heavy atom. The van der Waals surface area contributed by atoms with Gasteiger partial charge >= 0.3 is 11.9 Å². The van der Waals surface area contributed by atoms with Crippen molar-refractivity contribution in [2.24, 2.45) is 27.4 Å². The third-order valence-electron chi connectivity index (χ3n) is 14.7. The molecule has 0 fully saturated rings. The van der Waals surface area contributed by atoms with E-state index in [2.05, 4.69) is 116 Å². The molecule has 8 amide bonds. The molecule has 2 aromatic rings. The molecule has 0 aliphatic carbocycles. The molecule has 0 aliphatic rings. The summed E-state index contributed by atoms with van der Waals surface area (Å²) in [6.45, 7) is 21.2. The summed E-state index contributed by atoms with van der Waals surface area (Å²) in [7, 11) is 0. The number of nitrogens with zero attached hydrogens (tertiary/aromatic N) is 9. The van der Waals surface area contributed by atoms with Crippen molar-refractivity contribution < 1.29 is 139 Å². The molecule has 0 bridgehead atoms. The van der Waals surface area contributed by atoms with Gasteiger partial charge in [0.2, 0.25) is 47.3 Å². The van der Waals surface area contributed by atoms with Crippen molar-refractivity contribution in [1.29, 1.82) is 0 Å². The molecular formula is C66H125Cl4N27O14. The van der Waals surface area contributed by atoms with Crippen molar-refractivity contribution in [3.63, 3.8) is 0 Å². The highest BCUT2D eigenvalue weighted by Crippen LogP contribution is 2.08. The lowest BCUT2D eigenvalue weighted by Gasteiger charge is -2.23. The maximum Gasteiger partial charge on any atom is 0.308 e. The van der Waals surface area contributed by atoms with Crippen LogP contribution < -0.4 is 148 Å². The third kappa shape index (κ3) is 64.5. The largest absolute Gasteiger partial charge is 1.00 e. The Morgan fingerprint density at radius 1 is 0.405 bits per heavy atom. The zero-order valence-electron chi connectivity index (χ0n) is 64.3. The summed E-state index contributed by atoms with van der Waals surface area (Å²) in [5.74, 6) is -6.65. The summed E-state index contributed by atoms with van der Waals surface area (Å²) in [6.07, 6.45) is -1.79. The minimum atomic E-state index is -1.39. The molecule has 2 aromatic carbocycles. The first-order valence-corrected chi connectivity index (χ1v) is 36.1. The second-order valence-electron chi connectivity index (χ2n) is 23.7. The molecular weight excluding hydrogens is 1540 g/mol. The molecule has 0 aliphatic heterocycles. The lowest BCUT2D eigenvalue weighted by molar-refractivity contribution is -0.378. The number of hydrogen-bond donors (Lipinski definition) is 18. The van der Waals surface area contributed by atoms with Crippen molar-refractivity contribution in [2.45, 2.75) is 76.9 Å². The standard InChI is InChI=1S/C30H64N16O6.C28H34N6O8.C8H23N5.4ClH/c1-24(47)42-26(23-28(49)39-9-7-37-11-19-46(16-4-33)17-5-34)30(51)43-25(29(50)40-12-20-52-21-13-41-44-35)22-27(48)38-8-6-36-10-18-45(14-2-31)15-3-32;1-20(35)32-24(17-26(37)42-19-22-10-6-3-7-11-22)28(39)33-23(27(38)30-12-14-40-15-13-31-34-29)16-25(36)41-18-21-8-4-2-5-9-21;9-1-4-12-5-8-13(6-2-10)7-3-11;;;;/h25-26,36-37H,2-23,31-34H2,1H3,(H,38,48)(H,39,49)(H,40,50)(H,42,47)(H,43,51);2-11,23-24H,12-19H2,1H3,(H,30,38)(H,32,35)(H,33,39);12H,1-11H2;4*1H/t25-,26+;23-,24+;;;;;/m00...../s1. The number of azide groups is 2. The van der Waals surface area contributed by atoms with Gasteiger partial charge in [-0.3, -0.25) is 62.6 Å². The van der Waals surface area contributed by atoms with Gasteiger partial charge in [-0.2, -0.15) is 0 Å². The van der Waals surface area contributed by atoms with Crippen LogP contribution in [0.15, 0.2) is 70.9 Å². The average Bonchev–Trinajstić information content (AvgIpc) is 0.880. The number of benzene rings is 2. The fourth-order valence-corrected chi connectivity index (χ4v) is 9.59. The van der Waals surface area contributed by atoms with Gasteiger partial charge in [0, 0.05) is 181 Å². The van der Waals surface area contributed by atoms with Gasteiger partial charge in [-0.15, -0.1) is 0 Å². The summed E-state index contributed by atoms with van der Waals surface area (Å²) in [5.41, 5.74) is 49.9. The molecule has 41 nitrogen and oxygen atoms in total. The Balaban J connectivity index is -0.000000569. The van der Waals surface area contributed by atoms with Gasteiger partial charge in [0.05, 0.1) is 78.3 Å². The lowest BCUT2D eigenvalue weighted by Crippen LogP contribution is -3.00. The highest BCUT2D eigenvalue weighted by atomic mass is 35.5. The van der Waals surface area contributed by atoms with E-state index in [-0.39, 0.29) is 128 Å². The molecule has 636 valence electrons. The number of esters is 2. The van der Waals surface area contributed by atoms with Crippen molar-refractivity contribution in [3.05, 3.63) is 92.7 Å². The van der Waals surface area contributed by atoms with Gasteiger partial charge in [-0.25, -0.2) is 0 Å². The van der Waals surface area contributed by atoms with Crippen LogP contribution in [-0.4, -0.2) is 308 Å². The summed E-state index contributed by atoms with van der Waals surface area (Å²) in [6, 6.07) is 12.4. The van der Waals surface area contributed by atoms with Crippen LogP contribution in [0.4, 0.5) is 0 Å². The Bertz CT molecular complexity index is 2860. The van der Waals surface area contributed by atoms with E-state index < -0.39 is 96.2 Å². The third-order valence-corrected chi connectivity index (χ3v) is 14.7. The van der Waals surface area contributed by atoms with Crippen molar-refractivity contribution >= 4 is 59.2 Å². The van der Waals surface area contributed by atoms with E-state index in [0.717, 1.165) is 116 Å². The van der Waals surface area contributed by atoms with E-state index in [4.69, 9.17) is 47.2 Å². The van der Waals surface area contributed by atoms with Crippen LogP contribution in [0, 0.1) is 0 Å². The van der Waals surface area contributed by atoms with Crippen molar-refractivity contribution in [2.75, 3.05) is 210 Å². The van der Waals surface area contributed by atoms with Crippen LogP contribution in [0.3, 0.4) is 0 Å². The molecule has 0 unspecified atom stereocenters. The first-order valence-electron chi connectivity index (χ1n) is 36.1. The highest BCUT2D eigenvalue weighted by Gasteiger charge is 2.32. The van der Waals surface area contributed by atoms with Crippen LogP contribution in [0.5, 0.6) is 0 Å². The SMILES string of the molecule is CC(=O)N[C@H](CC(=O)NCCNCCN(CC[NH3+])CC[NH3+])C(=O)N[C@@H](CC(=O)NCCNCCN(CC[NH3+])CC[NH3+])C(=O)NCCOCCN=[N+]=[N-].CC(=O)N[C@H](CC(=O)OCc1ccccc1)C(=O)N[C@@H](CC(=O)OCc1ccccc1)C(=O)NCCOCCN=[N+]=[N-].NCCNCCN(CCN)CCN.[Cl-].[Cl-].[Cl-].[Cl-]. The molecule has 0 aromatic heterocycles. The van der Waals surface area contributed by atoms with E-state index in [9.17, 15) is 47.9 Å². The van der Waals surface area contributed by atoms with Gasteiger partial charge in [0.1, 0.15) is 37.4 Å². The summed E-state index contributed by atoms with van der Waals surface area (Å²) in [5, 5.41) is 36.9. The molecule has 0 spiro atoms. The number of quaternary nitrogens is 4. The van der Waals surface area contributed by atoms with Crippen LogP contribution in [0.1, 0.15) is 50.7 Å². The predicted molar refractivity (Wildman–Crippen MR) is 398 cm³/mol. The van der Waals surface area contributed by atoms with Crippen LogP contribution in [0.2, 0.25) is 0 Å². The fraction of sp³-hybridized carbons (Fsp3) is 0.667. The summed E-state index contributed by atoms with van der Waals surface area (Å²) >= 11 is 0. The Morgan fingerprint density at radius 3 is 1.07 bits per heavy atom. The molecule has 29 N–H and O–H groups in total. The number of carbonyl (C=O) groups excluding carboxylic acids is 10. The average molecular weight is 1660 g/mol. The first kappa shape index (κ1) is 112. The molecule has 0 saturated heterocycles. The van der Waals surface area contributed by atoms with E-state index in [1.165, 1.54) is 13.8 Å². The molecule has 111 heavy (non-hydrogen) atoms. The number of amides is 8. The highest BCUT2D eigenvalue weighted by molar-refractivity contribution is 5.97. The van der Waals surface area contributed by atoms with Crippen molar-refractivity contribution in [1.82, 2.24) is 73.2 Å². The first-order chi connectivity index (χ1) is 51.7. The normalized spacial score (nSPS) is 11.4.